The highest BCUT2D eigenvalue weighted by atomic mass is 35.5. The van der Waals surface area contributed by atoms with Crippen LogP contribution in [-0.2, 0) is 6.42 Å². The van der Waals surface area contributed by atoms with Gasteiger partial charge >= 0.3 is 0 Å². The lowest BCUT2D eigenvalue weighted by Crippen LogP contribution is -2.04. The summed E-state index contributed by atoms with van der Waals surface area (Å²) in [5, 5.41) is 5.68. The molecule has 0 radical (unpaired) electrons. The van der Waals surface area contributed by atoms with Gasteiger partial charge in [-0.15, -0.1) is 0 Å². The van der Waals surface area contributed by atoms with E-state index < -0.39 is 0 Å². The molecule has 0 fully saturated rings. The molecule has 1 heterocycles. The topological polar surface area (TPSA) is 24.9 Å². The van der Waals surface area contributed by atoms with E-state index in [-0.39, 0.29) is 0 Å². The highest BCUT2D eigenvalue weighted by Crippen LogP contribution is 2.37. The van der Waals surface area contributed by atoms with Gasteiger partial charge < -0.3 is 5.32 Å². The molecule has 2 nitrogen and oxygen atoms in total. The Morgan fingerprint density at radius 2 is 1.95 bits per heavy atom. The summed E-state index contributed by atoms with van der Waals surface area (Å²) in [5.74, 6) is 0.550. The Bertz CT molecular complexity index is 636. The summed E-state index contributed by atoms with van der Waals surface area (Å²) in [5.41, 5.74) is 3.83. The van der Waals surface area contributed by atoms with E-state index in [2.05, 4.69) is 32.2 Å². The van der Waals surface area contributed by atoms with Crippen molar-refractivity contribution in [2.75, 3.05) is 11.9 Å². The third kappa shape index (κ3) is 3.02. The molecule has 0 amide bonds. The average molecular weight is 311 g/mol. The number of aromatic nitrogens is 1. The predicted molar refractivity (Wildman–Crippen MR) is 89.2 cm³/mol. The number of fused-ring (bicyclic) bond motifs is 1. The lowest BCUT2D eigenvalue weighted by Gasteiger charge is -2.15. The molecule has 0 saturated heterocycles. The molecule has 20 heavy (non-hydrogen) atoms. The van der Waals surface area contributed by atoms with Crippen LogP contribution in [0.5, 0.6) is 0 Å². The molecule has 4 heteroatoms. The van der Waals surface area contributed by atoms with E-state index in [1.807, 2.05) is 13.0 Å². The molecule has 1 N–H and O–H groups in total. The molecule has 0 bridgehead atoms. The number of pyridine rings is 1. The van der Waals surface area contributed by atoms with Gasteiger partial charge in [-0.05, 0) is 43.9 Å². The van der Waals surface area contributed by atoms with Crippen LogP contribution in [0, 0.1) is 12.8 Å². The molecule has 2 rings (SSSR count). The summed E-state index contributed by atoms with van der Waals surface area (Å²) in [6.07, 6.45) is 0.927. The Labute approximate surface area is 130 Å². The Morgan fingerprint density at radius 1 is 1.25 bits per heavy atom. The summed E-state index contributed by atoms with van der Waals surface area (Å²) < 4.78 is 0. The van der Waals surface area contributed by atoms with Crippen molar-refractivity contribution in [3.63, 3.8) is 0 Å². The number of halogens is 2. The van der Waals surface area contributed by atoms with Crippen LogP contribution in [0.1, 0.15) is 32.0 Å². The number of hydrogen-bond donors (Lipinski definition) is 1. The zero-order chi connectivity index (χ0) is 14.9. The van der Waals surface area contributed by atoms with Gasteiger partial charge in [0, 0.05) is 23.3 Å². The third-order valence-electron chi connectivity index (χ3n) is 3.19. The van der Waals surface area contributed by atoms with Crippen LogP contribution in [-0.4, -0.2) is 11.5 Å². The Balaban J connectivity index is 2.74. The maximum atomic E-state index is 6.46. The minimum absolute atomic E-state index is 0.550. The van der Waals surface area contributed by atoms with Gasteiger partial charge in [0.05, 0.1) is 15.6 Å². The summed E-state index contributed by atoms with van der Waals surface area (Å²) in [7, 11) is 0. The summed E-state index contributed by atoms with van der Waals surface area (Å²) in [6.45, 7) is 9.23. The molecule has 2 aromatic rings. The summed E-state index contributed by atoms with van der Waals surface area (Å²) in [6, 6.07) is 3.97. The Morgan fingerprint density at radius 3 is 2.55 bits per heavy atom. The van der Waals surface area contributed by atoms with Crippen molar-refractivity contribution >= 4 is 39.8 Å². The summed E-state index contributed by atoms with van der Waals surface area (Å²) in [4.78, 5) is 4.70. The first-order valence-corrected chi connectivity index (χ1v) is 7.71. The monoisotopic (exact) mass is 310 g/mol. The molecule has 108 valence electrons. The molecule has 0 saturated carbocycles. The first-order valence-electron chi connectivity index (χ1n) is 6.96. The van der Waals surface area contributed by atoms with Crippen LogP contribution in [0.2, 0.25) is 10.0 Å². The zero-order valence-electron chi connectivity index (χ0n) is 12.3. The second kappa shape index (κ2) is 6.19. The van der Waals surface area contributed by atoms with Crippen LogP contribution < -0.4 is 5.32 Å². The fraction of sp³-hybridized carbons (Fsp3) is 0.438. The van der Waals surface area contributed by atoms with Crippen molar-refractivity contribution in [1.82, 2.24) is 4.98 Å². The molecule has 1 aromatic carbocycles. The van der Waals surface area contributed by atoms with E-state index >= 15 is 0 Å². The largest absolute Gasteiger partial charge is 0.385 e. The van der Waals surface area contributed by atoms with Crippen LogP contribution in [0.3, 0.4) is 0 Å². The highest BCUT2D eigenvalue weighted by molar-refractivity contribution is 6.41. The normalized spacial score (nSPS) is 11.3. The molecular weight excluding hydrogens is 291 g/mol. The van der Waals surface area contributed by atoms with E-state index in [1.54, 1.807) is 0 Å². The van der Waals surface area contributed by atoms with Gasteiger partial charge in [-0.3, -0.25) is 4.98 Å². The lowest BCUT2D eigenvalue weighted by atomic mass is 10.0. The van der Waals surface area contributed by atoms with Gasteiger partial charge in [0.25, 0.3) is 0 Å². The first kappa shape index (κ1) is 15.4. The van der Waals surface area contributed by atoms with Gasteiger partial charge in [-0.2, -0.15) is 0 Å². The first-order chi connectivity index (χ1) is 9.43. The van der Waals surface area contributed by atoms with Gasteiger partial charge in [0.1, 0.15) is 0 Å². The Kier molecular flexibility index (Phi) is 4.77. The van der Waals surface area contributed by atoms with E-state index in [1.165, 1.54) is 0 Å². The Hall–Kier alpha value is -0.990. The molecule has 0 aliphatic carbocycles. The SMILES string of the molecule is CCNc1cc(CC(C)C)nc2c(Cl)cc(C)c(Cl)c12. The second-order valence-electron chi connectivity index (χ2n) is 5.50. The van der Waals surface area contributed by atoms with E-state index in [9.17, 15) is 0 Å². The number of rotatable bonds is 4. The van der Waals surface area contributed by atoms with Crippen molar-refractivity contribution in [3.8, 4) is 0 Å². The molecule has 0 aliphatic heterocycles. The average Bonchev–Trinajstić information content (AvgIpc) is 2.35. The molecular formula is C16H20Cl2N2. The number of nitrogens with one attached hydrogen (secondary N) is 1. The zero-order valence-corrected chi connectivity index (χ0v) is 13.9. The standard InChI is InChI=1S/C16H20Cl2N2/c1-5-19-13-8-11(6-9(2)3)20-16-12(17)7-10(4)15(18)14(13)16/h7-9H,5-6H2,1-4H3,(H,19,20). The number of hydrogen-bond acceptors (Lipinski definition) is 2. The maximum Gasteiger partial charge on any atom is 0.0927 e. The van der Waals surface area contributed by atoms with Crippen LogP contribution >= 0.6 is 23.2 Å². The van der Waals surface area contributed by atoms with E-state index in [0.29, 0.717) is 10.9 Å². The van der Waals surface area contributed by atoms with Gasteiger partial charge in [-0.1, -0.05) is 37.0 Å². The van der Waals surface area contributed by atoms with Crippen molar-refractivity contribution in [1.29, 1.82) is 0 Å². The van der Waals surface area contributed by atoms with Crippen LogP contribution in [0.4, 0.5) is 5.69 Å². The van der Waals surface area contributed by atoms with Crippen molar-refractivity contribution < 1.29 is 0 Å². The van der Waals surface area contributed by atoms with Crippen molar-refractivity contribution in [2.45, 2.75) is 34.1 Å². The smallest absolute Gasteiger partial charge is 0.0927 e. The van der Waals surface area contributed by atoms with Crippen molar-refractivity contribution in [3.05, 3.63) is 33.4 Å². The fourth-order valence-electron chi connectivity index (χ4n) is 2.36. The van der Waals surface area contributed by atoms with Crippen molar-refractivity contribution in [2.24, 2.45) is 5.92 Å². The quantitative estimate of drug-likeness (QED) is 0.808. The minimum Gasteiger partial charge on any atom is -0.385 e. The van der Waals surface area contributed by atoms with E-state index in [0.717, 1.165) is 45.8 Å². The molecule has 1 aromatic heterocycles. The number of benzene rings is 1. The maximum absolute atomic E-state index is 6.46. The number of aryl methyl sites for hydroxylation is 1. The molecule has 0 atom stereocenters. The highest BCUT2D eigenvalue weighted by Gasteiger charge is 2.14. The third-order valence-corrected chi connectivity index (χ3v) is 3.97. The summed E-state index contributed by atoms with van der Waals surface area (Å²) >= 11 is 12.8. The lowest BCUT2D eigenvalue weighted by molar-refractivity contribution is 0.637. The van der Waals surface area contributed by atoms with Gasteiger partial charge in [-0.25, -0.2) is 0 Å². The second-order valence-corrected chi connectivity index (χ2v) is 6.29. The predicted octanol–water partition coefficient (Wildman–Crippen LogP) is 5.48. The van der Waals surface area contributed by atoms with Gasteiger partial charge in [0.2, 0.25) is 0 Å². The number of anilines is 1. The molecule has 0 spiro atoms. The number of nitrogens with zero attached hydrogens (tertiary/aromatic N) is 1. The van der Waals surface area contributed by atoms with E-state index in [4.69, 9.17) is 28.2 Å². The fourth-order valence-corrected chi connectivity index (χ4v) is 2.91. The minimum atomic E-state index is 0.550. The van der Waals surface area contributed by atoms with Crippen LogP contribution in [0.15, 0.2) is 12.1 Å². The van der Waals surface area contributed by atoms with Crippen LogP contribution in [0.25, 0.3) is 10.9 Å². The molecule has 0 unspecified atom stereocenters. The van der Waals surface area contributed by atoms with Gasteiger partial charge in [0.15, 0.2) is 0 Å². The molecule has 0 aliphatic rings.